The summed E-state index contributed by atoms with van der Waals surface area (Å²) in [5, 5.41) is 2.85. The number of hydrogen-bond donors (Lipinski definition) is 2. The molecule has 1 aliphatic carbocycles. The van der Waals surface area contributed by atoms with Crippen LogP contribution in [0.1, 0.15) is 39.0 Å². The highest BCUT2D eigenvalue weighted by Crippen LogP contribution is 2.25. The van der Waals surface area contributed by atoms with Crippen molar-refractivity contribution < 1.29 is 9.53 Å². The summed E-state index contributed by atoms with van der Waals surface area (Å²) in [6, 6.07) is 0. The SMILES string of the molecule is C=C(C)COCCNC(=O)C1(N)CCCCC1. The molecule has 0 aromatic rings. The third-order valence-corrected chi connectivity index (χ3v) is 3.08. The molecule has 0 spiro atoms. The quantitative estimate of drug-likeness (QED) is 0.544. The molecule has 0 aromatic carbocycles. The predicted molar refractivity (Wildman–Crippen MR) is 68.6 cm³/mol. The van der Waals surface area contributed by atoms with Gasteiger partial charge in [0, 0.05) is 6.54 Å². The van der Waals surface area contributed by atoms with E-state index in [0.717, 1.165) is 31.3 Å². The van der Waals surface area contributed by atoms with Gasteiger partial charge in [-0.2, -0.15) is 0 Å². The number of rotatable bonds is 6. The van der Waals surface area contributed by atoms with E-state index in [0.29, 0.717) is 19.8 Å². The van der Waals surface area contributed by atoms with Crippen molar-refractivity contribution in [2.24, 2.45) is 5.73 Å². The van der Waals surface area contributed by atoms with Crippen LogP contribution >= 0.6 is 0 Å². The molecule has 98 valence electrons. The maximum atomic E-state index is 11.9. The van der Waals surface area contributed by atoms with E-state index in [9.17, 15) is 4.79 Å². The van der Waals surface area contributed by atoms with Crippen molar-refractivity contribution in [1.29, 1.82) is 0 Å². The minimum atomic E-state index is -0.646. The van der Waals surface area contributed by atoms with Crippen molar-refractivity contribution >= 4 is 5.91 Å². The number of amides is 1. The molecule has 1 amide bonds. The summed E-state index contributed by atoms with van der Waals surface area (Å²) in [6.45, 7) is 7.22. The van der Waals surface area contributed by atoms with Crippen LogP contribution in [-0.2, 0) is 9.53 Å². The number of ether oxygens (including phenoxy) is 1. The zero-order chi connectivity index (χ0) is 12.7. The van der Waals surface area contributed by atoms with E-state index in [4.69, 9.17) is 10.5 Å². The smallest absolute Gasteiger partial charge is 0.240 e. The Morgan fingerprint density at radius 1 is 1.41 bits per heavy atom. The van der Waals surface area contributed by atoms with Gasteiger partial charge in [-0.15, -0.1) is 0 Å². The largest absolute Gasteiger partial charge is 0.375 e. The first kappa shape index (κ1) is 14.2. The fraction of sp³-hybridized carbons (Fsp3) is 0.769. The summed E-state index contributed by atoms with van der Waals surface area (Å²) in [5.74, 6) is -0.0314. The molecule has 4 nitrogen and oxygen atoms in total. The van der Waals surface area contributed by atoms with Gasteiger partial charge >= 0.3 is 0 Å². The van der Waals surface area contributed by atoms with Gasteiger partial charge < -0.3 is 15.8 Å². The molecule has 3 N–H and O–H groups in total. The lowest BCUT2D eigenvalue weighted by Gasteiger charge is -2.31. The fourth-order valence-electron chi connectivity index (χ4n) is 2.07. The van der Waals surface area contributed by atoms with Crippen LogP contribution in [0, 0.1) is 0 Å². The molecule has 0 aromatic heterocycles. The molecule has 0 heterocycles. The van der Waals surface area contributed by atoms with Gasteiger partial charge in [-0.1, -0.05) is 31.4 Å². The predicted octanol–water partition coefficient (Wildman–Crippen LogP) is 1.36. The molecule has 1 rings (SSSR count). The van der Waals surface area contributed by atoms with Crippen LogP contribution in [0.3, 0.4) is 0 Å². The first-order valence-corrected chi connectivity index (χ1v) is 6.34. The third kappa shape index (κ3) is 4.88. The van der Waals surface area contributed by atoms with Gasteiger partial charge in [0.1, 0.15) is 0 Å². The van der Waals surface area contributed by atoms with Gasteiger partial charge in [0.15, 0.2) is 0 Å². The molecule has 0 aliphatic heterocycles. The summed E-state index contributed by atoms with van der Waals surface area (Å²) in [7, 11) is 0. The van der Waals surface area contributed by atoms with Crippen molar-refractivity contribution in [1.82, 2.24) is 5.32 Å². The average molecular weight is 240 g/mol. The van der Waals surface area contributed by atoms with E-state index >= 15 is 0 Å². The first-order valence-electron chi connectivity index (χ1n) is 6.34. The normalized spacial score (nSPS) is 18.7. The fourth-order valence-corrected chi connectivity index (χ4v) is 2.07. The molecule has 0 unspecified atom stereocenters. The first-order chi connectivity index (χ1) is 8.04. The maximum Gasteiger partial charge on any atom is 0.240 e. The second-order valence-electron chi connectivity index (χ2n) is 4.98. The highest BCUT2D eigenvalue weighted by Gasteiger charge is 2.34. The molecular formula is C13H24N2O2. The Morgan fingerprint density at radius 3 is 2.65 bits per heavy atom. The van der Waals surface area contributed by atoms with Gasteiger partial charge in [-0.25, -0.2) is 0 Å². The Hall–Kier alpha value is -0.870. The van der Waals surface area contributed by atoms with Crippen LogP contribution in [0.5, 0.6) is 0 Å². The van der Waals surface area contributed by atoms with Crippen molar-refractivity contribution in [2.75, 3.05) is 19.8 Å². The van der Waals surface area contributed by atoms with Crippen LogP contribution in [0.2, 0.25) is 0 Å². The van der Waals surface area contributed by atoms with Gasteiger partial charge in [-0.3, -0.25) is 4.79 Å². The van der Waals surface area contributed by atoms with E-state index in [1.54, 1.807) is 0 Å². The van der Waals surface area contributed by atoms with Crippen molar-refractivity contribution in [3.05, 3.63) is 12.2 Å². The van der Waals surface area contributed by atoms with E-state index in [1.165, 1.54) is 6.42 Å². The van der Waals surface area contributed by atoms with Crippen molar-refractivity contribution in [3.8, 4) is 0 Å². The Morgan fingerprint density at radius 2 is 2.06 bits per heavy atom. The number of nitrogens with two attached hydrogens (primary N) is 1. The zero-order valence-corrected chi connectivity index (χ0v) is 10.8. The molecule has 1 saturated carbocycles. The van der Waals surface area contributed by atoms with E-state index in [1.807, 2.05) is 6.92 Å². The second kappa shape index (κ2) is 6.77. The molecule has 4 heteroatoms. The Bertz CT molecular complexity index is 271. The Labute approximate surface area is 104 Å². The highest BCUT2D eigenvalue weighted by molar-refractivity contribution is 5.86. The van der Waals surface area contributed by atoms with E-state index in [-0.39, 0.29) is 5.91 Å². The summed E-state index contributed by atoms with van der Waals surface area (Å²) < 4.78 is 5.31. The lowest BCUT2D eigenvalue weighted by atomic mass is 9.82. The Kier molecular flexibility index (Phi) is 5.65. The van der Waals surface area contributed by atoms with Crippen molar-refractivity contribution in [2.45, 2.75) is 44.6 Å². The zero-order valence-electron chi connectivity index (χ0n) is 10.8. The molecule has 0 bridgehead atoms. The lowest BCUT2D eigenvalue weighted by molar-refractivity contribution is -0.127. The van der Waals surface area contributed by atoms with Gasteiger partial charge in [0.2, 0.25) is 5.91 Å². The molecule has 1 fully saturated rings. The summed E-state index contributed by atoms with van der Waals surface area (Å²) in [5.41, 5.74) is 6.44. The van der Waals surface area contributed by atoms with Crippen LogP contribution in [0.15, 0.2) is 12.2 Å². The molecule has 17 heavy (non-hydrogen) atoms. The molecular weight excluding hydrogens is 216 g/mol. The molecule has 0 radical (unpaired) electrons. The van der Waals surface area contributed by atoms with E-state index < -0.39 is 5.54 Å². The molecule has 1 aliphatic rings. The third-order valence-electron chi connectivity index (χ3n) is 3.08. The number of carbonyl (C=O) groups is 1. The van der Waals surface area contributed by atoms with Crippen LogP contribution in [-0.4, -0.2) is 31.2 Å². The van der Waals surface area contributed by atoms with Crippen LogP contribution in [0.4, 0.5) is 0 Å². The highest BCUT2D eigenvalue weighted by atomic mass is 16.5. The van der Waals surface area contributed by atoms with Crippen LogP contribution < -0.4 is 11.1 Å². The van der Waals surface area contributed by atoms with Crippen LogP contribution in [0.25, 0.3) is 0 Å². The van der Waals surface area contributed by atoms with Gasteiger partial charge in [0.05, 0.1) is 18.8 Å². The standard InChI is InChI=1S/C13H24N2O2/c1-11(2)10-17-9-8-15-12(16)13(14)6-4-3-5-7-13/h1,3-10,14H2,2H3,(H,15,16). The van der Waals surface area contributed by atoms with Gasteiger partial charge in [0.25, 0.3) is 0 Å². The van der Waals surface area contributed by atoms with E-state index in [2.05, 4.69) is 11.9 Å². The molecule has 0 saturated heterocycles. The minimum Gasteiger partial charge on any atom is -0.375 e. The minimum absolute atomic E-state index is 0.0314. The van der Waals surface area contributed by atoms with Crippen molar-refractivity contribution in [3.63, 3.8) is 0 Å². The average Bonchev–Trinajstić information content (AvgIpc) is 2.29. The molecule has 0 atom stereocenters. The summed E-state index contributed by atoms with van der Waals surface area (Å²) in [4.78, 5) is 11.9. The number of nitrogens with one attached hydrogen (secondary N) is 1. The number of hydrogen-bond acceptors (Lipinski definition) is 3. The lowest BCUT2D eigenvalue weighted by Crippen LogP contribution is -2.55. The summed E-state index contributed by atoms with van der Waals surface area (Å²) >= 11 is 0. The number of carbonyl (C=O) groups excluding carboxylic acids is 1. The topological polar surface area (TPSA) is 64.3 Å². The maximum absolute atomic E-state index is 11.9. The monoisotopic (exact) mass is 240 g/mol. The Balaban J connectivity index is 2.17. The van der Waals surface area contributed by atoms with Gasteiger partial charge in [-0.05, 0) is 19.8 Å². The second-order valence-corrected chi connectivity index (χ2v) is 4.98. The summed E-state index contributed by atoms with van der Waals surface area (Å²) in [6.07, 6.45) is 4.89.